The first-order valence-corrected chi connectivity index (χ1v) is 5.39. The van der Waals surface area contributed by atoms with Crippen LogP contribution in [0.1, 0.15) is 39.5 Å². The SMILES string of the molecule is CCC1=[C-]CC=C1.CCC1=[C-]CC=C1.[Mn+2]. The van der Waals surface area contributed by atoms with E-state index in [-0.39, 0.29) is 17.1 Å². The van der Waals surface area contributed by atoms with Crippen LogP contribution in [0.15, 0.2) is 35.5 Å². The van der Waals surface area contributed by atoms with E-state index in [1.54, 1.807) is 0 Å². The molecule has 0 aromatic heterocycles. The molecule has 0 fully saturated rings. The molecule has 1 radical (unpaired) electrons. The Balaban J connectivity index is 0.000000245. The molecule has 0 aliphatic heterocycles. The van der Waals surface area contributed by atoms with Gasteiger partial charge in [-0.2, -0.15) is 12.2 Å². The van der Waals surface area contributed by atoms with E-state index >= 15 is 0 Å². The van der Waals surface area contributed by atoms with Crippen molar-refractivity contribution in [3.05, 3.63) is 47.6 Å². The van der Waals surface area contributed by atoms with Gasteiger partial charge in [0.05, 0.1) is 0 Å². The van der Waals surface area contributed by atoms with Gasteiger partial charge < -0.3 is 0 Å². The number of hydrogen-bond acceptors (Lipinski definition) is 0. The predicted octanol–water partition coefficient (Wildman–Crippen LogP) is 4.17. The smallest absolute Gasteiger partial charge is 0.270 e. The molecule has 0 aromatic rings. The van der Waals surface area contributed by atoms with Crippen molar-refractivity contribution >= 4 is 0 Å². The van der Waals surface area contributed by atoms with Crippen molar-refractivity contribution in [3.63, 3.8) is 0 Å². The van der Waals surface area contributed by atoms with E-state index in [2.05, 4.69) is 50.3 Å². The molecular weight excluding hydrogens is 223 g/mol. The van der Waals surface area contributed by atoms with Crippen LogP contribution in [0.4, 0.5) is 0 Å². The molecule has 2 rings (SSSR count). The maximum Gasteiger partial charge on any atom is 2.00 e. The fourth-order valence-electron chi connectivity index (χ4n) is 1.39. The summed E-state index contributed by atoms with van der Waals surface area (Å²) in [5.41, 5.74) is 2.72. The topological polar surface area (TPSA) is 0 Å². The summed E-state index contributed by atoms with van der Waals surface area (Å²) in [5, 5.41) is 0. The second-order valence-corrected chi connectivity index (χ2v) is 3.32. The molecule has 0 unspecified atom stereocenters. The molecule has 0 nitrogen and oxygen atoms in total. The number of hydrogen-bond donors (Lipinski definition) is 0. The Morgan fingerprint density at radius 2 is 1.33 bits per heavy atom. The van der Waals surface area contributed by atoms with Crippen molar-refractivity contribution in [1.82, 2.24) is 0 Å². The molecule has 1 heteroatoms. The van der Waals surface area contributed by atoms with Gasteiger partial charge in [0.2, 0.25) is 0 Å². The minimum Gasteiger partial charge on any atom is -0.270 e. The van der Waals surface area contributed by atoms with Crippen LogP contribution in [0.25, 0.3) is 0 Å². The zero-order valence-corrected chi connectivity index (χ0v) is 10.7. The quantitative estimate of drug-likeness (QED) is 0.502. The average Bonchev–Trinajstić information content (AvgIpc) is 2.92. The standard InChI is InChI=1S/2C7H9.Mn/c2*1-2-7-5-3-4-6-7;/h2*3,5H,2,4H2,1H3;/q2*-1;+2. The van der Waals surface area contributed by atoms with E-state index in [9.17, 15) is 0 Å². The predicted molar refractivity (Wildman–Crippen MR) is 61.6 cm³/mol. The first-order chi connectivity index (χ1) is 6.86. The van der Waals surface area contributed by atoms with Crippen molar-refractivity contribution in [3.8, 4) is 0 Å². The molecule has 2 aliphatic rings. The molecule has 0 saturated carbocycles. The van der Waals surface area contributed by atoms with Gasteiger partial charge in [0, 0.05) is 0 Å². The third-order valence-electron chi connectivity index (χ3n) is 2.29. The molecule has 0 spiro atoms. The Morgan fingerprint density at radius 1 is 0.933 bits per heavy atom. The van der Waals surface area contributed by atoms with Gasteiger partial charge in [-0.25, -0.2) is 23.3 Å². The summed E-state index contributed by atoms with van der Waals surface area (Å²) in [6.45, 7) is 4.30. The largest absolute Gasteiger partial charge is 2.00 e. The Morgan fingerprint density at radius 3 is 1.47 bits per heavy atom. The summed E-state index contributed by atoms with van der Waals surface area (Å²) in [7, 11) is 0. The van der Waals surface area contributed by atoms with Crippen LogP contribution in [0.5, 0.6) is 0 Å². The Hall–Kier alpha value is -0.521. The van der Waals surface area contributed by atoms with E-state index in [1.807, 2.05) is 0 Å². The van der Waals surface area contributed by atoms with Gasteiger partial charge in [-0.3, -0.25) is 12.2 Å². The Bertz CT molecular complexity index is 250. The monoisotopic (exact) mass is 241 g/mol. The second kappa shape index (κ2) is 8.76. The second-order valence-electron chi connectivity index (χ2n) is 3.32. The van der Waals surface area contributed by atoms with Crippen LogP contribution in [-0.2, 0) is 17.1 Å². The maximum atomic E-state index is 3.21. The fourth-order valence-corrected chi connectivity index (χ4v) is 1.39. The zero-order chi connectivity index (χ0) is 10.2. The molecule has 0 amide bonds. The third kappa shape index (κ3) is 5.81. The minimum atomic E-state index is 0. The summed E-state index contributed by atoms with van der Waals surface area (Å²) >= 11 is 0. The van der Waals surface area contributed by atoms with Crippen LogP contribution in [0.2, 0.25) is 0 Å². The van der Waals surface area contributed by atoms with Gasteiger partial charge in [0.15, 0.2) is 0 Å². The van der Waals surface area contributed by atoms with Crippen LogP contribution >= 0.6 is 0 Å². The van der Waals surface area contributed by atoms with E-state index in [1.165, 1.54) is 11.1 Å². The van der Waals surface area contributed by atoms with Crippen LogP contribution in [0.3, 0.4) is 0 Å². The van der Waals surface area contributed by atoms with Gasteiger partial charge >= 0.3 is 17.1 Å². The van der Waals surface area contributed by atoms with Gasteiger partial charge in [-0.15, -0.1) is 12.8 Å². The molecule has 15 heavy (non-hydrogen) atoms. The summed E-state index contributed by atoms with van der Waals surface area (Å²) in [4.78, 5) is 0. The molecule has 0 aromatic carbocycles. The molecular formula is C14H18Mn. The van der Waals surface area contributed by atoms with Gasteiger partial charge in [0.1, 0.15) is 0 Å². The first-order valence-electron chi connectivity index (χ1n) is 5.39. The Labute approximate surface area is 104 Å². The zero-order valence-electron chi connectivity index (χ0n) is 9.52. The van der Waals surface area contributed by atoms with Gasteiger partial charge in [0.25, 0.3) is 0 Å². The fraction of sp³-hybridized carbons (Fsp3) is 0.429. The van der Waals surface area contributed by atoms with Crippen molar-refractivity contribution in [2.75, 3.05) is 0 Å². The summed E-state index contributed by atoms with van der Waals surface area (Å²) in [5.74, 6) is 0. The van der Waals surface area contributed by atoms with E-state index in [0.29, 0.717) is 0 Å². The van der Waals surface area contributed by atoms with Crippen molar-refractivity contribution < 1.29 is 17.1 Å². The van der Waals surface area contributed by atoms with Gasteiger partial charge in [-0.05, 0) is 0 Å². The van der Waals surface area contributed by atoms with E-state index in [0.717, 1.165) is 25.7 Å². The number of rotatable bonds is 2. The molecule has 0 saturated heterocycles. The normalized spacial score (nSPS) is 16.4. The summed E-state index contributed by atoms with van der Waals surface area (Å²) < 4.78 is 0. The first kappa shape index (κ1) is 14.5. The van der Waals surface area contributed by atoms with Crippen molar-refractivity contribution in [2.45, 2.75) is 39.5 Å². The molecule has 81 valence electrons. The van der Waals surface area contributed by atoms with Crippen LogP contribution in [0, 0.1) is 12.2 Å². The molecule has 0 heterocycles. The van der Waals surface area contributed by atoms with Crippen molar-refractivity contribution in [1.29, 1.82) is 0 Å². The number of allylic oxidation sites excluding steroid dienone is 8. The van der Waals surface area contributed by atoms with Crippen LogP contribution in [-0.4, -0.2) is 0 Å². The molecule has 0 atom stereocenters. The van der Waals surface area contributed by atoms with E-state index in [4.69, 9.17) is 0 Å². The summed E-state index contributed by atoms with van der Waals surface area (Å²) in [6.07, 6.45) is 19.3. The maximum absolute atomic E-state index is 3.21. The van der Waals surface area contributed by atoms with Crippen LogP contribution < -0.4 is 0 Å². The van der Waals surface area contributed by atoms with Crippen molar-refractivity contribution in [2.24, 2.45) is 0 Å². The van der Waals surface area contributed by atoms with E-state index < -0.39 is 0 Å². The summed E-state index contributed by atoms with van der Waals surface area (Å²) in [6, 6.07) is 0. The Kier molecular flexibility index (Phi) is 8.46. The molecule has 0 bridgehead atoms. The third-order valence-corrected chi connectivity index (χ3v) is 2.29. The molecule has 2 aliphatic carbocycles. The molecule has 0 N–H and O–H groups in total. The average molecular weight is 241 g/mol. The minimum absolute atomic E-state index is 0. The van der Waals surface area contributed by atoms with Gasteiger partial charge in [-0.1, -0.05) is 26.7 Å².